The largest absolute Gasteiger partial charge is 0.465 e. The van der Waals surface area contributed by atoms with Gasteiger partial charge in [-0.25, -0.2) is 0 Å². The molecule has 0 atom stereocenters. The van der Waals surface area contributed by atoms with Crippen molar-refractivity contribution in [2.24, 2.45) is 59.2 Å². The molecule has 0 aromatic carbocycles. The summed E-state index contributed by atoms with van der Waals surface area (Å²) in [6.45, 7) is 11.0. The van der Waals surface area contributed by atoms with Gasteiger partial charge in [0.05, 0.1) is 41.6 Å². The number of aliphatic hydroxyl groups excluding tert-OH is 1. The highest BCUT2D eigenvalue weighted by molar-refractivity contribution is 5.74. The average Bonchev–Trinajstić information content (AvgIpc) is 3.65. The third kappa shape index (κ3) is 31.4. The molecule has 508 valence electrons. The third-order valence-corrected chi connectivity index (χ3v) is 21.2. The van der Waals surface area contributed by atoms with E-state index in [1.165, 1.54) is 103 Å². The Kier molecular flexibility index (Phi) is 39.4. The van der Waals surface area contributed by atoms with Crippen LogP contribution < -0.4 is 0 Å². The quantitative estimate of drug-likeness (QED) is 0.0345. The van der Waals surface area contributed by atoms with Gasteiger partial charge in [-0.05, 0) is 191 Å². The second-order valence-electron chi connectivity index (χ2n) is 28.6. The Hall–Kier alpha value is -3.26. The molecule has 5 aliphatic carbocycles. The first kappa shape index (κ1) is 75.5. The molecular weight excluding hydrogens is 1110 g/mol. The summed E-state index contributed by atoms with van der Waals surface area (Å²) >= 11 is 0. The average molecular weight is 1240 g/mol. The minimum atomic E-state index is -0.433. The molecule has 5 fully saturated rings. The van der Waals surface area contributed by atoms with E-state index >= 15 is 0 Å². The van der Waals surface area contributed by atoms with Gasteiger partial charge in [0.15, 0.2) is 0 Å². The molecule has 88 heavy (non-hydrogen) atoms. The van der Waals surface area contributed by atoms with E-state index in [4.69, 9.17) is 28.4 Å². The van der Waals surface area contributed by atoms with Crippen molar-refractivity contribution in [3.8, 4) is 0 Å². The van der Waals surface area contributed by atoms with Gasteiger partial charge < -0.3 is 38.4 Å². The Balaban J connectivity index is 1.02. The molecule has 0 aromatic heterocycles. The molecule has 0 heterocycles. The Labute approximate surface area is 535 Å². The maximum absolute atomic E-state index is 13.3. The fourth-order valence-corrected chi connectivity index (χ4v) is 15.0. The van der Waals surface area contributed by atoms with Crippen LogP contribution in [-0.4, -0.2) is 111 Å². The highest BCUT2D eigenvalue weighted by Crippen LogP contribution is 2.37. The fourth-order valence-electron chi connectivity index (χ4n) is 15.0. The van der Waals surface area contributed by atoms with Crippen molar-refractivity contribution < 1.29 is 62.3 Å². The van der Waals surface area contributed by atoms with Crippen LogP contribution in [0.25, 0.3) is 0 Å². The minimum absolute atomic E-state index is 0.0294. The van der Waals surface area contributed by atoms with Gasteiger partial charge in [0.1, 0.15) is 39.6 Å². The topological polar surface area (TPSA) is 181 Å². The van der Waals surface area contributed by atoms with Crippen LogP contribution in [-0.2, 0) is 57.2 Å². The third-order valence-electron chi connectivity index (χ3n) is 21.2. The van der Waals surface area contributed by atoms with Gasteiger partial charge in [0, 0.05) is 18.9 Å². The van der Waals surface area contributed by atoms with Gasteiger partial charge >= 0.3 is 35.8 Å². The zero-order chi connectivity index (χ0) is 63.0. The van der Waals surface area contributed by atoms with Gasteiger partial charge in [-0.15, -0.1) is 0 Å². The van der Waals surface area contributed by atoms with Crippen molar-refractivity contribution in [1.29, 1.82) is 0 Å². The van der Waals surface area contributed by atoms with E-state index in [0.717, 1.165) is 167 Å². The zero-order valence-electron chi connectivity index (χ0n) is 56.5. The molecule has 14 heteroatoms. The molecule has 5 aliphatic rings. The van der Waals surface area contributed by atoms with Gasteiger partial charge in [-0.3, -0.25) is 28.8 Å². The van der Waals surface area contributed by atoms with Crippen molar-refractivity contribution in [3.63, 3.8) is 0 Å². The number of hydrogen-bond acceptors (Lipinski definition) is 14. The summed E-state index contributed by atoms with van der Waals surface area (Å²) in [7, 11) is 0. The number of nitrogens with zero attached hydrogens (tertiary/aromatic N) is 1. The second-order valence-corrected chi connectivity index (χ2v) is 28.6. The fraction of sp³-hybridized carbons (Fsp3) is 0.919. The number of ether oxygens (including phenoxy) is 6. The van der Waals surface area contributed by atoms with Crippen LogP contribution in [0.15, 0.2) is 0 Å². The van der Waals surface area contributed by atoms with Crippen LogP contribution >= 0.6 is 0 Å². The minimum Gasteiger partial charge on any atom is -0.465 e. The molecule has 14 nitrogen and oxygen atoms in total. The first-order chi connectivity index (χ1) is 42.9. The van der Waals surface area contributed by atoms with E-state index in [1.807, 2.05) is 0 Å². The molecule has 0 amide bonds. The van der Waals surface area contributed by atoms with E-state index < -0.39 is 11.8 Å². The summed E-state index contributed by atoms with van der Waals surface area (Å²) in [5.41, 5.74) is 0. The summed E-state index contributed by atoms with van der Waals surface area (Å²) in [6, 6.07) is 0.380. The second kappa shape index (κ2) is 45.9. The summed E-state index contributed by atoms with van der Waals surface area (Å²) in [4.78, 5) is 82.3. The number of hydrogen-bond donors (Lipinski definition) is 1. The summed E-state index contributed by atoms with van der Waals surface area (Å²) in [5.74, 6) is 0.0673. The lowest BCUT2D eigenvalue weighted by Crippen LogP contribution is -2.40. The Morgan fingerprint density at radius 2 is 0.602 bits per heavy atom. The maximum Gasteiger partial charge on any atom is 0.308 e. The van der Waals surface area contributed by atoms with Gasteiger partial charge in [0.25, 0.3) is 0 Å². The maximum atomic E-state index is 13.3. The predicted octanol–water partition coefficient (Wildman–Crippen LogP) is 16.8. The first-order valence-electron chi connectivity index (χ1n) is 37.3. The number of aliphatic hydroxyl groups is 1. The van der Waals surface area contributed by atoms with E-state index in [-0.39, 0.29) is 118 Å². The van der Waals surface area contributed by atoms with E-state index in [0.29, 0.717) is 42.6 Å². The molecule has 5 rings (SSSR count). The number of esters is 6. The van der Waals surface area contributed by atoms with E-state index in [9.17, 15) is 33.9 Å². The van der Waals surface area contributed by atoms with Gasteiger partial charge in [0.2, 0.25) is 0 Å². The molecule has 0 saturated heterocycles. The van der Waals surface area contributed by atoms with Crippen LogP contribution in [0.1, 0.15) is 310 Å². The molecule has 0 radical (unpaired) electrons. The normalized spacial score (nSPS) is 25.7. The first-order valence-corrected chi connectivity index (χ1v) is 37.3. The van der Waals surface area contributed by atoms with Crippen molar-refractivity contribution in [3.05, 3.63) is 0 Å². The van der Waals surface area contributed by atoms with Gasteiger partial charge in [-0.1, -0.05) is 143 Å². The highest BCUT2D eigenvalue weighted by atomic mass is 16.6. The predicted molar refractivity (Wildman–Crippen MR) is 348 cm³/mol. The molecular formula is C74H129NO13. The Bertz CT molecular complexity index is 1660. The molecule has 0 aliphatic heterocycles. The van der Waals surface area contributed by atoms with Crippen LogP contribution in [0, 0.1) is 59.2 Å². The van der Waals surface area contributed by atoms with Crippen molar-refractivity contribution in [2.45, 2.75) is 322 Å². The molecule has 0 bridgehead atoms. The smallest absolute Gasteiger partial charge is 0.308 e. The van der Waals surface area contributed by atoms with Crippen molar-refractivity contribution in [1.82, 2.24) is 4.90 Å². The molecule has 0 aromatic rings. The number of unbranched alkanes of at least 4 members (excludes halogenated alkanes) is 12. The van der Waals surface area contributed by atoms with Crippen LogP contribution in [0.3, 0.4) is 0 Å². The van der Waals surface area contributed by atoms with Gasteiger partial charge in [-0.2, -0.15) is 0 Å². The SMILES string of the molecule is CCCCCC1CCC(C(=O)OCC(COC(=O)CCCCCN(CCCCCC(=O)OCC(COC(=O)C2CCC(CCCCC)CC2)COC(=O)C2CCC(CCCCC)CC2)C2CCC(O)CC2)COC(=O)C2CCC(CCCCC)CC2)CC1. The summed E-state index contributed by atoms with van der Waals surface area (Å²) in [5, 5.41) is 10.3. The van der Waals surface area contributed by atoms with Crippen molar-refractivity contribution in [2.75, 3.05) is 52.7 Å². The van der Waals surface area contributed by atoms with Crippen LogP contribution in [0.4, 0.5) is 0 Å². The van der Waals surface area contributed by atoms with E-state index in [2.05, 4.69) is 32.6 Å². The monoisotopic (exact) mass is 1240 g/mol. The molecule has 5 saturated carbocycles. The lowest BCUT2D eigenvalue weighted by atomic mass is 9.80. The van der Waals surface area contributed by atoms with E-state index in [1.54, 1.807) is 0 Å². The summed E-state index contributed by atoms with van der Waals surface area (Å²) < 4.78 is 35.2. The highest BCUT2D eigenvalue weighted by Gasteiger charge is 2.33. The molecule has 0 spiro atoms. The Morgan fingerprint density at radius 1 is 0.330 bits per heavy atom. The van der Waals surface area contributed by atoms with Crippen LogP contribution in [0.2, 0.25) is 0 Å². The lowest BCUT2D eigenvalue weighted by molar-refractivity contribution is -0.161. The summed E-state index contributed by atoms with van der Waals surface area (Å²) in [6.07, 6.45) is 43.7. The Morgan fingerprint density at radius 3 is 0.875 bits per heavy atom. The number of rotatable bonds is 45. The van der Waals surface area contributed by atoms with Crippen LogP contribution in [0.5, 0.6) is 0 Å². The lowest BCUT2D eigenvalue weighted by Gasteiger charge is -2.36. The number of carbonyl (C=O) groups is 6. The van der Waals surface area contributed by atoms with Crippen molar-refractivity contribution >= 4 is 35.8 Å². The standard InChI is InChI=1S/C74H129NO13/c1-5-9-15-23-57-29-37-63(38-30-57)71(79)85-53-61(54-86-72(80)64-39-31-58(32-40-64)24-16-10-6-2)51-83-69(77)27-19-13-21-49-75(67-45-47-68(76)48-46-67)50-22-14-20-28-70(78)84-52-62(55-87-73(81)65-41-33-59(34-42-65)25-17-11-7-3)56-88-74(82)66-43-35-60(36-44-66)26-18-12-8-4/h57-68,76H,5-56H2,1-4H3. The zero-order valence-corrected chi connectivity index (χ0v) is 56.5. The number of carbonyl (C=O) groups excluding carboxylic acids is 6. The molecule has 1 N–H and O–H groups in total. The molecule has 0 unspecified atom stereocenters.